The lowest BCUT2D eigenvalue weighted by atomic mass is 10.0. The second-order valence-electron chi connectivity index (χ2n) is 6.54. The maximum absolute atomic E-state index is 10.6. The second-order valence-corrected chi connectivity index (χ2v) is 6.54. The molecule has 0 aromatic heterocycles. The summed E-state index contributed by atoms with van der Waals surface area (Å²) in [5.41, 5.74) is 0. The van der Waals surface area contributed by atoms with Gasteiger partial charge in [-0.3, -0.25) is 0 Å². The molecule has 2 rings (SSSR count). The molecule has 13 heteroatoms. The highest BCUT2D eigenvalue weighted by Gasteiger charge is 2.49. The zero-order valence-electron chi connectivity index (χ0n) is 14.7. The maximum atomic E-state index is 10.6. The molecule has 11 atom stereocenters. The van der Waals surface area contributed by atoms with Crippen LogP contribution in [0.25, 0.3) is 0 Å². The van der Waals surface area contributed by atoms with Crippen LogP contribution in [0, 0.1) is 0 Å². The highest BCUT2D eigenvalue weighted by molar-refractivity contribution is 5.56. The summed E-state index contributed by atoms with van der Waals surface area (Å²) in [6.45, 7) is -1.84. The third-order valence-electron chi connectivity index (χ3n) is 4.57. The highest BCUT2D eigenvalue weighted by Crippen LogP contribution is 2.28. The Morgan fingerprint density at radius 3 is 2.25 bits per heavy atom. The molecule has 0 unspecified atom stereocenters. The Bertz CT molecular complexity index is 493. The molecule has 28 heavy (non-hydrogen) atoms. The average Bonchev–Trinajstić information content (AvgIpc) is 2.97. The van der Waals surface area contributed by atoms with E-state index in [0.717, 1.165) is 0 Å². The van der Waals surface area contributed by atoms with Crippen LogP contribution in [0.15, 0.2) is 0 Å². The number of carbonyl (C=O) groups is 1. The van der Waals surface area contributed by atoms with Crippen LogP contribution in [-0.2, 0) is 23.7 Å². The molecule has 2 aliphatic heterocycles. The zero-order chi connectivity index (χ0) is 21.0. The molecule has 0 radical (unpaired) electrons. The van der Waals surface area contributed by atoms with E-state index in [1.54, 1.807) is 0 Å². The molecule has 0 saturated carbocycles. The average molecular weight is 414 g/mol. The van der Waals surface area contributed by atoms with Gasteiger partial charge >= 0.3 is 0 Å². The number of hydrogen-bond donors (Lipinski definition) is 8. The Morgan fingerprint density at radius 2 is 1.71 bits per heavy atom. The lowest BCUT2D eigenvalue weighted by molar-refractivity contribution is -0.322. The molecule has 0 aromatic rings. The van der Waals surface area contributed by atoms with Crippen LogP contribution in [0.3, 0.4) is 0 Å². The SMILES string of the molecule is O=C[C@H](O)[C@@H](O)[C@@H](CO)O[C@@H]1OC[C@@H](O)[C@H](O[C@@H]2O[C@@H](CO)[C@H](O)[C@H]2O)[C@H]1O. The van der Waals surface area contributed by atoms with E-state index in [1.807, 2.05) is 0 Å². The lowest BCUT2D eigenvalue weighted by Gasteiger charge is -2.40. The molecular weight excluding hydrogens is 388 g/mol. The topological polar surface area (TPSA) is 216 Å². The molecule has 164 valence electrons. The van der Waals surface area contributed by atoms with Gasteiger partial charge in [0.2, 0.25) is 0 Å². The van der Waals surface area contributed by atoms with Crippen molar-refractivity contribution in [2.24, 2.45) is 0 Å². The molecule has 2 heterocycles. The fourth-order valence-corrected chi connectivity index (χ4v) is 2.90. The first-order chi connectivity index (χ1) is 13.2. The van der Waals surface area contributed by atoms with E-state index in [9.17, 15) is 40.5 Å². The summed E-state index contributed by atoms with van der Waals surface area (Å²) in [7, 11) is 0. The molecule has 2 aliphatic rings. The summed E-state index contributed by atoms with van der Waals surface area (Å²) in [6, 6.07) is 0. The summed E-state index contributed by atoms with van der Waals surface area (Å²) < 4.78 is 20.8. The molecule has 0 aliphatic carbocycles. The van der Waals surface area contributed by atoms with E-state index in [4.69, 9.17) is 24.1 Å². The van der Waals surface area contributed by atoms with Crippen LogP contribution in [0.4, 0.5) is 0 Å². The standard InChI is InChI=1S/C15H26O13/c16-1-5(19)9(21)7(2-17)26-14-12(24)13(6(20)4-25-14)28-15-11(23)10(22)8(3-18)27-15/h1,5-15,17-24H,2-4H2/t5-,6+,7+,8-,9+,10-,11+,12+,13-,14-,15-/m0/s1. The second kappa shape index (κ2) is 10.3. The maximum Gasteiger partial charge on any atom is 0.187 e. The number of hydrogen-bond acceptors (Lipinski definition) is 13. The van der Waals surface area contributed by atoms with E-state index in [1.165, 1.54) is 0 Å². The van der Waals surface area contributed by atoms with Crippen molar-refractivity contribution in [2.75, 3.05) is 19.8 Å². The van der Waals surface area contributed by atoms with Gasteiger partial charge in [-0.1, -0.05) is 0 Å². The normalized spacial score (nSPS) is 42.1. The van der Waals surface area contributed by atoms with Crippen molar-refractivity contribution in [3.8, 4) is 0 Å². The third-order valence-corrected chi connectivity index (χ3v) is 4.57. The number of rotatable bonds is 9. The number of aliphatic hydroxyl groups is 8. The minimum atomic E-state index is -1.85. The number of carbonyl (C=O) groups excluding carboxylic acids is 1. The monoisotopic (exact) mass is 414 g/mol. The number of aliphatic hydroxyl groups excluding tert-OH is 8. The predicted octanol–water partition coefficient (Wildman–Crippen LogP) is -5.81. The fraction of sp³-hybridized carbons (Fsp3) is 0.933. The summed E-state index contributed by atoms with van der Waals surface area (Å²) in [6.07, 6.45) is -16.8. The van der Waals surface area contributed by atoms with E-state index >= 15 is 0 Å². The number of aldehydes is 1. The Balaban J connectivity index is 2.03. The fourth-order valence-electron chi connectivity index (χ4n) is 2.90. The van der Waals surface area contributed by atoms with Gasteiger partial charge < -0.3 is 64.6 Å². The van der Waals surface area contributed by atoms with Gasteiger partial charge in [-0.2, -0.15) is 0 Å². The van der Waals surface area contributed by atoms with Crippen molar-refractivity contribution < 1.29 is 64.6 Å². The van der Waals surface area contributed by atoms with Gasteiger partial charge in [0.15, 0.2) is 18.9 Å². The molecule has 0 spiro atoms. The Hall–Kier alpha value is -0.810. The quantitative estimate of drug-likeness (QED) is 0.165. The summed E-state index contributed by atoms with van der Waals surface area (Å²) >= 11 is 0. The van der Waals surface area contributed by atoms with Gasteiger partial charge in [-0.15, -0.1) is 0 Å². The van der Waals surface area contributed by atoms with Gasteiger partial charge in [0.25, 0.3) is 0 Å². The lowest BCUT2D eigenvalue weighted by Crippen LogP contribution is -2.58. The van der Waals surface area contributed by atoms with E-state index in [0.29, 0.717) is 0 Å². The van der Waals surface area contributed by atoms with Crippen LogP contribution >= 0.6 is 0 Å². The smallest absolute Gasteiger partial charge is 0.187 e. The minimum absolute atomic E-state index is 0.0339. The van der Waals surface area contributed by atoms with Crippen LogP contribution in [-0.4, -0.2) is 134 Å². The van der Waals surface area contributed by atoms with Gasteiger partial charge in [0.05, 0.1) is 19.8 Å². The van der Waals surface area contributed by atoms with Gasteiger partial charge in [0.1, 0.15) is 54.9 Å². The predicted molar refractivity (Wildman–Crippen MR) is 84.4 cm³/mol. The van der Waals surface area contributed by atoms with Crippen molar-refractivity contribution >= 4 is 6.29 Å². The van der Waals surface area contributed by atoms with Crippen LogP contribution in [0.2, 0.25) is 0 Å². The van der Waals surface area contributed by atoms with Gasteiger partial charge in [0, 0.05) is 0 Å². The van der Waals surface area contributed by atoms with Crippen LogP contribution in [0.1, 0.15) is 0 Å². The molecule has 8 N–H and O–H groups in total. The van der Waals surface area contributed by atoms with Crippen LogP contribution < -0.4 is 0 Å². The first-order valence-corrected chi connectivity index (χ1v) is 8.58. The van der Waals surface area contributed by atoms with Crippen molar-refractivity contribution in [3.05, 3.63) is 0 Å². The van der Waals surface area contributed by atoms with Gasteiger partial charge in [-0.25, -0.2) is 0 Å². The summed E-state index contributed by atoms with van der Waals surface area (Å²) in [5.74, 6) is 0. The largest absolute Gasteiger partial charge is 0.394 e. The summed E-state index contributed by atoms with van der Waals surface area (Å²) in [5, 5.41) is 77.5. The number of ether oxygens (including phenoxy) is 4. The third kappa shape index (κ3) is 5.02. The van der Waals surface area contributed by atoms with E-state index in [2.05, 4.69) is 0 Å². The minimum Gasteiger partial charge on any atom is -0.394 e. The molecular formula is C15H26O13. The first kappa shape index (κ1) is 23.5. The Labute approximate surface area is 159 Å². The van der Waals surface area contributed by atoms with Crippen LogP contribution in [0.5, 0.6) is 0 Å². The van der Waals surface area contributed by atoms with E-state index in [-0.39, 0.29) is 6.29 Å². The van der Waals surface area contributed by atoms with E-state index < -0.39 is 87.3 Å². The Kier molecular flexibility index (Phi) is 8.62. The molecule has 0 bridgehead atoms. The molecule has 2 fully saturated rings. The molecule has 13 nitrogen and oxygen atoms in total. The van der Waals surface area contributed by atoms with Crippen molar-refractivity contribution in [2.45, 2.75) is 67.5 Å². The van der Waals surface area contributed by atoms with Crippen molar-refractivity contribution in [3.63, 3.8) is 0 Å². The first-order valence-electron chi connectivity index (χ1n) is 8.58. The van der Waals surface area contributed by atoms with Crippen molar-refractivity contribution in [1.82, 2.24) is 0 Å². The Morgan fingerprint density at radius 1 is 1.04 bits per heavy atom. The highest BCUT2D eigenvalue weighted by atomic mass is 16.7. The zero-order valence-corrected chi connectivity index (χ0v) is 14.7. The van der Waals surface area contributed by atoms with Gasteiger partial charge in [-0.05, 0) is 0 Å². The molecule has 0 aromatic carbocycles. The van der Waals surface area contributed by atoms with Crippen molar-refractivity contribution in [1.29, 1.82) is 0 Å². The summed E-state index contributed by atoms with van der Waals surface area (Å²) in [4.78, 5) is 10.6. The molecule has 0 amide bonds. The molecule has 2 saturated heterocycles.